The molecule has 0 aliphatic rings. The fraction of sp³-hybridized carbons (Fsp3) is 0.400. The Morgan fingerprint density at radius 3 is 2.55 bits per heavy atom. The zero-order valence-electron chi connectivity index (χ0n) is 10.8. The molecule has 0 aromatic carbocycles. The van der Waals surface area contributed by atoms with Gasteiger partial charge in [-0.2, -0.15) is 0 Å². The van der Waals surface area contributed by atoms with Crippen LogP contribution < -0.4 is 4.90 Å². The summed E-state index contributed by atoms with van der Waals surface area (Å²) in [5.41, 5.74) is -0.734. The Morgan fingerprint density at radius 2 is 2.10 bits per heavy atom. The van der Waals surface area contributed by atoms with Crippen LogP contribution in [0.5, 0.6) is 0 Å². The molecule has 1 rings (SSSR count). The zero-order valence-corrected chi connectivity index (χ0v) is 11.6. The van der Waals surface area contributed by atoms with Crippen LogP contribution in [0.4, 0.5) is 11.5 Å². The molecule has 0 saturated heterocycles. The van der Waals surface area contributed by atoms with Gasteiger partial charge in [-0.1, -0.05) is 0 Å². The van der Waals surface area contributed by atoms with Crippen LogP contribution in [0, 0.1) is 10.1 Å². The predicted molar refractivity (Wildman–Crippen MR) is 70.8 cm³/mol. The fourth-order valence-corrected chi connectivity index (χ4v) is 2.00. The van der Waals surface area contributed by atoms with Crippen molar-refractivity contribution in [3.63, 3.8) is 0 Å². The van der Waals surface area contributed by atoms with Gasteiger partial charge in [-0.15, -0.1) is 0 Å². The van der Waals surface area contributed by atoms with Crippen molar-refractivity contribution in [3.05, 3.63) is 27.9 Å². The van der Waals surface area contributed by atoms with E-state index in [1.807, 2.05) is 0 Å². The molecule has 0 aliphatic heterocycles. The van der Waals surface area contributed by atoms with Gasteiger partial charge in [-0.05, 0) is 6.07 Å². The monoisotopic (exact) mass is 303 g/mol. The molecule has 20 heavy (non-hydrogen) atoms. The Kier molecular flexibility index (Phi) is 4.61. The van der Waals surface area contributed by atoms with Gasteiger partial charge >= 0.3 is 11.7 Å². The van der Waals surface area contributed by atoms with E-state index in [2.05, 4.69) is 4.98 Å². The van der Waals surface area contributed by atoms with Crippen LogP contribution in [-0.2, 0) is 9.84 Å². The van der Waals surface area contributed by atoms with Crippen molar-refractivity contribution in [2.24, 2.45) is 0 Å². The Balaban J connectivity index is 3.15. The van der Waals surface area contributed by atoms with Crippen LogP contribution in [-0.4, -0.2) is 55.0 Å². The van der Waals surface area contributed by atoms with Gasteiger partial charge in [-0.3, -0.25) is 10.1 Å². The molecule has 0 fully saturated rings. The molecule has 0 amide bonds. The number of pyridine rings is 1. The summed E-state index contributed by atoms with van der Waals surface area (Å²) >= 11 is 0. The number of hydrogen-bond donors (Lipinski definition) is 1. The second-order valence-corrected chi connectivity index (χ2v) is 6.41. The largest absolute Gasteiger partial charge is 0.477 e. The van der Waals surface area contributed by atoms with E-state index in [-0.39, 0.29) is 29.5 Å². The summed E-state index contributed by atoms with van der Waals surface area (Å²) in [6, 6.07) is 2.05. The summed E-state index contributed by atoms with van der Waals surface area (Å²) < 4.78 is 22.2. The van der Waals surface area contributed by atoms with E-state index in [9.17, 15) is 23.3 Å². The van der Waals surface area contributed by atoms with E-state index in [1.165, 1.54) is 11.9 Å². The maximum Gasteiger partial charge on any atom is 0.354 e. The molecule has 1 aromatic heterocycles. The first-order valence-corrected chi connectivity index (χ1v) is 7.45. The molecule has 0 bridgehead atoms. The molecule has 1 heterocycles. The Hall–Kier alpha value is -2.23. The van der Waals surface area contributed by atoms with E-state index in [0.717, 1.165) is 18.4 Å². The smallest absolute Gasteiger partial charge is 0.354 e. The van der Waals surface area contributed by atoms with Crippen molar-refractivity contribution < 1.29 is 23.2 Å². The molecule has 10 heteroatoms. The SMILES string of the molecule is CN(CCS(C)(=O)=O)c1nc(C(=O)O)ccc1[N+](=O)[O-]. The lowest BCUT2D eigenvalue weighted by Gasteiger charge is -2.17. The van der Waals surface area contributed by atoms with E-state index in [1.54, 1.807) is 0 Å². The van der Waals surface area contributed by atoms with Crippen molar-refractivity contribution in [2.45, 2.75) is 0 Å². The highest BCUT2D eigenvalue weighted by atomic mass is 32.2. The minimum atomic E-state index is -3.24. The summed E-state index contributed by atoms with van der Waals surface area (Å²) in [4.78, 5) is 25.9. The highest BCUT2D eigenvalue weighted by molar-refractivity contribution is 7.90. The molecule has 0 unspecified atom stereocenters. The Labute approximate surface area is 114 Å². The molecule has 0 radical (unpaired) electrons. The number of hydrogen-bond acceptors (Lipinski definition) is 7. The Morgan fingerprint density at radius 1 is 1.50 bits per heavy atom. The standard InChI is InChI=1S/C10H13N3O6S/c1-12(5-6-20(2,18)19)9-8(13(16)17)4-3-7(11-9)10(14)15/h3-4H,5-6H2,1-2H3,(H,14,15). The minimum Gasteiger partial charge on any atom is -0.477 e. The molecule has 0 atom stereocenters. The summed E-state index contributed by atoms with van der Waals surface area (Å²) in [5.74, 6) is -1.73. The number of nitro groups is 1. The van der Waals surface area contributed by atoms with Crippen molar-refractivity contribution in [1.29, 1.82) is 0 Å². The Bertz CT molecular complexity index is 642. The topological polar surface area (TPSA) is 131 Å². The van der Waals surface area contributed by atoms with E-state index in [4.69, 9.17) is 5.11 Å². The van der Waals surface area contributed by atoms with Gasteiger partial charge in [0, 0.05) is 25.9 Å². The van der Waals surface area contributed by atoms with Crippen LogP contribution in [0.1, 0.15) is 10.5 Å². The molecule has 110 valence electrons. The van der Waals surface area contributed by atoms with E-state index < -0.39 is 20.7 Å². The maximum absolute atomic E-state index is 11.1. The number of aromatic nitrogens is 1. The molecule has 1 N–H and O–H groups in total. The first-order valence-electron chi connectivity index (χ1n) is 5.39. The number of anilines is 1. The highest BCUT2D eigenvalue weighted by Crippen LogP contribution is 2.25. The highest BCUT2D eigenvalue weighted by Gasteiger charge is 2.22. The summed E-state index contributed by atoms with van der Waals surface area (Å²) in [7, 11) is -1.83. The van der Waals surface area contributed by atoms with Gasteiger partial charge in [0.1, 0.15) is 9.84 Å². The quantitative estimate of drug-likeness (QED) is 0.581. The van der Waals surface area contributed by atoms with E-state index in [0.29, 0.717) is 0 Å². The molecular weight excluding hydrogens is 290 g/mol. The van der Waals surface area contributed by atoms with Crippen LogP contribution in [0.15, 0.2) is 12.1 Å². The number of carbonyl (C=O) groups is 1. The lowest BCUT2D eigenvalue weighted by atomic mass is 10.3. The second-order valence-electron chi connectivity index (χ2n) is 4.15. The van der Waals surface area contributed by atoms with Gasteiger partial charge in [0.25, 0.3) is 0 Å². The third kappa shape index (κ3) is 4.16. The second kappa shape index (κ2) is 5.82. The van der Waals surface area contributed by atoms with Gasteiger partial charge < -0.3 is 10.0 Å². The maximum atomic E-state index is 11.1. The molecule has 0 aliphatic carbocycles. The first-order chi connectivity index (χ1) is 9.11. The lowest BCUT2D eigenvalue weighted by molar-refractivity contribution is -0.384. The third-order valence-corrected chi connectivity index (χ3v) is 3.35. The third-order valence-electron chi connectivity index (χ3n) is 2.43. The molecule has 0 spiro atoms. The summed E-state index contributed by atoms with van der Waals surface area (Å²) in [5, 5.41) is 19.7. The van der Waals surface area contributed by atoms with Gasteiger partial charge in [0.15, 0.2) is 5.69 Å². The van der Waals surface area contributed by atoms with Crippen LogP contribution in [0.3, 0.4) is 0 Å². The van der Waals surface area contributed by atoms with E-state index >= 15 is 0 Å². The van der Waals surface area contributed by atoms with Gasteiger partial charge in [-0.25, -0.2) is 18.2 Å². The van der Waals surface area contributed by atoms with Crippen molar-refractivity contribution in [2.75, 3.05) is 30.5 Å². The molecular formula is C10H13N3O6S. The van der Waals surface area contributed by atoms with Crippen molar-refractivity contribution in [1.82, 2.24) is 4.98 Å². The molecule has 9 nitrogen and oxygen atoms in total. The number of nitrogens with zero attached hydrogens (tertiary/aromatic N) is 3. The average molecular weight is 303 g/mol. The first kappa shape index (κ1) is 15.8. The normalized spacial score (nSPS) is 11.1. The molecule has 0 saturated carbocycles. The van der Waals surface area contributed by atoms with Crippen molar-refractivity contribution >= 4 is 27.3 Å². The van der Waals surface area contributed by atoms with Crippen LogP contribution >= 0.6 is 0 Å². The zero-order chi connectivity index (χ0) is 15.5. The van der Waals surface area contributed by atoms with Crippen LogP contribution in [0.2, 0.25) is 0 Å². The number of aromatic carboxylic acids is 1. The summed E-state index contributed by atoms with van der Waals surface area (Å²) in [6.07, 6.45) is 1.04. The number of carboxylic acids is 1. The summed E-state index contributed by atoms with van der Waals surface area (Å²) in [6.45, 7) is -0.0320. The number of rotatable bonds is 6. The predicted octanol–water partition coefficient (Wildman–Crippen LogP) is 0.169. The van der Waals surface area contributed by atoms with Gasteiger partial charge in [0.05, 0.1) is 10.7 Å². The number of sulfone groups is 1. The fourth-order valence-electron chi connectivity index (χ4n) is 1.39. The molecule has 1 aromatic rings. The lowest BCUT2D eigenvalue weighted by Crippen LogP contribution is -2.27. The minimum absolute atomic E-state index is 0.0320. The van der Waals surface area contributed by atoms with Crippen LogP contribution in [0.25, 0.3) is 0 Å². The van der Waals surface area contributed by atoms with Crippen molar-refractivity contribution in [3.8, 4) is 0 Å². The van der Waals surface area contributed by atoms with Gasteiger partial charge in [0.2, 0.25) is 5.82 Å². The number of carboxylic acid groups (broad SMARTS) is 1. The average Bonchev–Trinajstić information content (AvgIpc) is 2.34.